The molecule has 16 heteroatoms. The Hall–Kier alpha value is -3.85. The molecule has 206 valence electrons. The van der Waals surface area contributed by atoms with Crippen molar-refractivity contribution < 1.29 is 36.7 Å². The zero-order valence-electron chi connectivity index (χ0n) is 20.1. The largest absolute Gasteiger partial charge is 0.411 e. The van der Waals surface area contributed by atoms with Gasteiger partial charge in [-0.3, -0.25) is 10.2 Å². The minimum Gasteiger partial charge on any atom is -0.411 e. The van der Waals surface area contributed by atoms with Crippen molar-refractivity contribution in [3.8, 4) is 0 Å². The van der Waals surface area contributed by atoms with E-state index >= 15 is 0 Å². The standard InChI is InChI=1S/C22H25F5N8O3/c1-11(33-38)17(28)19(36)32-18(13-2-4-21(23,24)5-3-13)14-9-35-16(30-14)6-12(7-29-35)8-34-10-15(22(25,26)27)31-20(34)37/h6-7,9,13,15,18,28,38H,2-5,8,10H2,1H3,(H,31,37)(H,32,36)/b28-17?,33-11-/t15-,18-/m0/s1. The molecule has 2 aromatic rings. The zero-order valence-corrected chi connectivity index (χ0v) is 20.1. The summed E-state index contributed by atoms with van der Waals surface area (Å²) in [5.41, 5.74) is 0.0936. The van der Waals surface area contributed by atoms with E-state index in [0.717, 1.165) is 4.90 Å². The number of rotatable bonds is 7. The molecule has 3 amide bonds. The van der Waals surface area contributed by atoms with Crippen molar-refractivity contribution in [2.75, 3.05) is 6.54 Å². The highest BCUT2D eigenvalue weighted by Crippen LogP contribution is 2.41. The van der Waals surface area contributed by atoms with Crippen molar-refractivity contribution in [3.05, 3.63) is 29.7 Å². The van der Waals surface area contributed by atoms with E-state index in [0.29, 0.717) is 5.56 Å². The van der Waals surface area contributed by atoms with Gasteiger partial charge in [0.1, 0.15) is 17.5 Å². The van der Waals surface area contributed by atoms with Crippen molar-refractivity contribution in [2.45, 2.75) is 63.3 Å². The summed E-state index contributed by atoms with van der Waals surface area (Å²) in [6, 6.07) is -2.19. The molecule has 1 aliphatic carbocycles. The van der Waals surface area contributed by atoms with E-state index in [1.807, 2.05) is 5.32 Å². The maximum absolute atomic E-state index is 13.8. The van der Waals surface area contributed by atoms with Gasteiger partial charge in [0.05, 0.1) is 30.7 Å². The van der Waals surface area contributed by atoms with Crippen LogP contribution >= 0.6 is 0 Å². The quantitative estimate of drug-likeness (QED) is 0.183. The minimum absolute atomic E-state index is 0.0787. The van der Waals surface area contributed by atoms with Gasteiger partial charge in [0.25, 0.3) is 5.91 Å². The molecule has 2 aliphatic rings. The maximum atomic E-state index is 13.8. The van der Waals surface area contributed by atoms with Crippen LogP contribution in [0.1, 0.15) is 49.9 Å². The lowest BCUT2D eigenvalue weighted by Gasteiger charge is -2.33. The van der Waals surface area contributed by atoms with Gasteiger partial charge < -0.3 is 20.7 Å². The van der Waals surface area contributed by atoms with E-state index in [-0.39, 0.29) is 49.3 Å². The molecule has 2 atom stereocenters. The summed E-state index contributed by atoms with van der Waals surface area (Å²) >= 11 is 0. The molecule has 2 aromatic heterocycles. The third kappa shape index (κ3) is 5.83. The number of fused-ring (bicyclic) bond motifs is 1. The van der Waals surface area contributed by atoms with E-state index in [1.54, 1.807) is 0 Å². The Balaban J connectivity index is 1.57. The maximum Gasteiger partial charge on any atom is 0.410 e. The van der Waals surface area contributed by atoms with Crippen LogP contribution in [0.3, 0.4) is 0 Å². The lowest BCUT2D eigenvalue weighted by atomic mass is 9.81. The van der Waals surface area contributed by atoms with Gasteiger partial charge in [0.15, 0.2) is 5.65 Å². The molecule has 11 nitrogen and oxygen atoms in total. The lowest BCUT2D eigenvalue weighted by Crippen LogP contribution is -2.41. The lowest BCUT2D eigenvalue weighted by molar-refractivity contribution is -0.149. The predicted molar refractivity (Wildman–Crippen MR) is 122 cm³/mol. The van der Waals surface area contributed by atoms with Crippen LogP contribution < -0.4 is 10.6 Å². The van der Waals surface area contributed by atoms with Crippen LogP contribution in [0.4, 0.5) is 26.7 Å². The first-order valence-corrected chi connectivity index (χ1v) is 11.7. The fourth-order valence-corrected chi connectivity index (χ4v) is 4.56. The van der Waals surface area contributed by atoms with Gasteiger partial charge in [-0.2, -0.15) is 18.3 Å². The first-order valence-electron chi connectivity index (χ1n) is 11.7. The molecule has 1 saturated heterocycles. The van der Waals surface area contributed by atoms with Crippen molar-refractivity contribution in [2.24, 2.45) is 11.1 Å². The summed E-state index contributed by atoms with van der Waals surface area (Å²) < 4.78 is 67.8. The summed E-state index contributed by atoms with van der Waals surface area (Å²) in [4.78, 5) is 30.1. The van der Waals surface area contributed by atoms with Gasteiger partial charge in [-0.25, -0.2) is 23.1 Å². The van der Waals surface area contributed by atoms with E-state index in [9.17, 15) is 31.5 Å². The number of aromatic nitrogens is 3. The van der Waals surface area contributed by atoms with E-state index in [4.69, 9.17) is 10.6 Å². The first kappa shape index (κ1) is 27.2. The Morgan fingerprint density at radius 2 is 2.05 bits per heavy atom. The molecule has 38 heavy (non-hydrogen) atoms. The normalized spacial score (nSPS) is 21.4. The average molecular weight is 544 g/mol. The molecule has 0 aromatic carbocycles. The number of alkyl halides is 5. The molecule has 2 fully saturated rings. The van der Waals surface area contributed by atoms with Crippen molar-refractivity contribution in [1.82, 2.24) is 30.1 Å². The Morgan fingerprint density at radius 3 is 2.66 bits per heavy atom. The van der Waals surface area contributed by atoms with E-state index in [1.165, 1.54) is 29.9 Å². The number of imidazole rings is 1. The summed E-state index contributed by atoms with van der Waals surface area (Å²) in [5, 5.41) is 28.3. The van der Waals surface area contributed by atoms with Gasteiger partial charge in [0.2, 0.25) is 5.92 Å². The molecule has 0 spiro atoms. The second-order valence-electron chi connectivity index (χ2n) is 9.46. The predicted octanol–water partition coefficient (Wildman–Crippen LogP) is 3.04. The van der Waals surface area contributed by atoms with Crippen LogP contribution in [0.25, 0.3) is 5.65 Å². The number of nitrogens with one attached hydrogen (secondary N) is 3. The van der Waals surface area contributed by atoms with Gasteiger partial charge in [-0.15, -0.1) is 0 Å². The van der Waals surface area contributed by atoms with E-state index < -0.39 is 54.3 Å². The molecule has 0 unspecified atom stereocenters. The van der Waals surface area contributed by atoms with Crippen LogP contribution in [0, 0.1) is 11.3 Å². The zero-order chi connectivity index (χ0) is 27.8. The summed E-state index contributed by atoms with van der Waals surface area (Å²) in [5.74, 6) is -4.14. The number of carbonyl (C=O) groups excluding carboxylic acids is 2. The third-order valence-electron chi connectivity index (χ3n) is 6.73. The second-order valence-corrected chi connectivity index (χ2v) is 9.46. The number of amides is 3. The van der Waals surface area contributed by atoms with Gasteiger partial charge >= 0.3 is 12.2 Å². The molecule has 1 saturated carbocycles. The summed E-state index contributed by atoms with van der Waals surface area (Å²) in [6.07, 6.45) is -2.35. The Morgan fingerprint density at radius 1 is 1.37 bits per heavy atom. The number of urea groups is 1. The van der Waals surface area contributed by atoms with Gasteiger partial charge in [-0.1, -0.05) is 5.16 Å². The number of hydrogen-bond donors (Lipinski definition) is 4. The van der Waals surface area contributed by atoms with Crippen molar-refractivity contribution in [3.63, 3.8) is 0 Å². The van der Waals surface area contributed by atoms with Crippen molar-refractivity contribution >= 4 is 29.0 Å². The molecule has 3 heterocycles. The fraction of sp³-hybridized carbons (Fsp3) is 0.545. The average Bonchev–Trinajstić information content (AvgIpc) is 3.44. The minimum atomic E-state index is -4.58. The molecule has 4 N–H and O–H groups in total. The van der Waals surface area contributed by atoms with E-state index in [2.05, 4.69) is 20.6 Å². The summed E-state index contributed by atoms with van der Waals surface area (Å²) in [6.45, 7) is 0.543. The van der Waals surface area contributed by atoms with Gasteiger partial charge in [-0.05, 0) is 37.3 Å². The van der Waals surface area contributed by atoms with Crippen molar-refractivity contribution in [1.29, 1.82) is 5.41 Å². The number of nitrogens with zero attached hydrogens (tertiary/aromatic N) is 5. The van der Waals surface area contributed by atoms with Crippen LogP contribution in [0.2, 0.25) is 0 Å². The smallest absolute Gasteiger partial charge is 0.410 e. The highest BCUT2D eigenvalue weighted by atomic mass is 19.4. The molecular formula is C22H25F5N8O3. The summed E-state index contributed by atoms with van der Waals surface area (Å²) in [7, 11) is 0. The second kappa shape index (κ2) is 10.1. The number of carbonyl (C=O) groups is 2. The monoisotopic (exact) mass is 544 g/mol. The Labute approximate surface area is 212 Å². The van der Waals surface area contributed by atoms with Crippen LogP contribution in [-0.4, -0.2) is 72.8 Å². The highest BCUT2D eigenvalue weighted by molar-refractivity contribution is 6.65. The number of oxime groups is 1. The first-order chi connectivity index (χ1) is 17.8. The molecular weight excluding hydrogens is 519 g/mol. The number of hydrogen-bond acceptors (Lipinski definition) is 7. The topological polar surface area (TPSA) is 148 Å². The van der Waals surface area contributed by atoms with Crippen LogP contribution in [-0.2, 0) is 11.3 Å². The fourth-order valence-electron chi connectivity index (χ4n) is 4.56. The number of halogens is 5. The highest BCUT2D eigenvalue weighted by Gasteiger charge is 2.46. The Kier molecular flexibility index (Phi) is 7.25. The third-order valence-corrected chi connectivity index (χ3v) is 6.73. The molecule has 1 aliphatic heterocycles. The van der Waals surface area contributed by atoms with Gasteiger partial charge in [0, 0.05) is 19.4 Å². The van der Waals surface area contributed by atoms with Crippen LogP contribution in [0.5, 0.6) is 0 Å². The molecule has 0 radical (unpaired) electrons. The van der Waals surface area contributed by atoms with Crippen LogP contribution in [0.15, 0.2) is 23.6 Å². The molecule has 0 bridgehead atoms. The SMILES string of the molecule is C/C(=N/O)C(=N)C(=O)N[C@H](c1cn2ncc(CN3C[C@@H](C(F)(F)F)NC3=O)cc2n1)C1CCC(F)(F)CC1. The Bertz CT molecular complexity index is 1270. The molecule has 4 rings (SSSR count).